The lowest BCUT2D eigenvalue weighted by Gasteiger charge is -2.36. The first-order chi connectivity index (χ1) is 28.8. The molecule has 0 unspecified atom stereocenters. The first-order valence-electron chi connectivity index (χ1n) is 20.9. The third-order valence-corrected chi connectivity index (χ3v) is 21.6. The summed E-state index contributed by atoms with van der Waals surface area (Å²) in [5.74, 6) is 2.49. The Morgan fingerprint density at radius 1 is 0.698 bits per heavy atom. The van der Waals surface area contributed by atoms with Gasteiger partial charge in [-0.05, 0) is 110 Å². The van der Waals surface area contributed by atoms with Gasteiger partial charge in [0.25, 0.3) is 16.6 Å². The second kappa shape index (κ2) is 23.1. The minimum Gasteiger partial charge on any atom is -0.542 e. The van der Waals surface area contributed by atoms with Crippen LogP contribution in [-0.2, 0) is 4.74 Å². The molecule has 348 valence electrons. The van der Waals surface area contributed by atoms with Gasteiger partial charge in [0.15, 0.2) is 0 Å². The van der Waals surface area contributed by atoms with Gasteiger partial charge in [-0.15, -0.1) is 0 Å². The van der Waals surface area contributed by atoms with Crippen molar-refractivity contribution in [2.45, 2.75) is 123 Å². The number of halogens is 4. The van der Waals surface area contributed by atoms with Crippen LogP contribution in [0.15, 0.2) is 73.1 Å². The van der Waals surface area contributed by atoms with E-state index in [1.807, 2.05) is 36.4 Å². The number of rotatable bonds is 8. The number of nitrogen functional groups attached to an aromatic ring is 1. The molecule has 4 N–H and O–H groups in total. The van der Waals surface area contributed by atoms with E-state index in [2.05, 4.69) is 92.8 Å². The Labute approximate surface area is 398 Å². The molecule has 2 aliphatic heterocycles. The van der Waals surface area contributed by atoms with Crippen LogP contribution in [0.3, 0.4) is 0 Å². The highest BCUT2D eigenvalue weighted by Gasteiger charge is 2.40. The monoisotopic (exact) mass is 980 g/mol. The number of hydrogen-bond acceptors (Lipinski definition) is 10. The molecule has 4 aromatic rings. The first kappa shape index (κ1) is 53.9. The molecule has 11 nitrogen and oxygen atoms in total. The van der Waals surface area contributed by atoms with Gasteiger partial charge in [0.05, 0.1) is 39.9 Å². The minimum absolute atomic E-state index is 0. The number of nitrogens with two attached hydrogens (primary N) is 1. The molecule has 2 fully saturated rings. The summed E-state index contributed by atoms with van der Waals surface area (Å²) >= 11 is 24.2. The van der Waals surface area contributed by atoms with Crippen LogP contribution in [0.4, 0.5) is 27.8 Å². The molecule has 0 aliphatic carbocycles. The lowest BCUT2D eigenvalue weighted by atomic mass is 10.1. The molecule has 0 atom stereocenters. The van der Waals surface area contributed by atoms with E-state index in [1.165, 1.54) is 0 Å². The summed E-state index contributed by atoms with van der Waals surface area (Å²) in [6.45, 7) is 25.2. The normalized spacial score (nSPS) is 15.2. The number of amides is 1. The third-order valence-electron chi connectivity index (χ3n) is 11.8. The summed E-state index contributed by atoms with van der Waals surface area (Å²) in [5, 5.41) is 15.0. The van der Waals surface area contributed by atoms with Crippen molar-refractivity contribution < 1.29 is 23.5 Å². The Morgan fingerprint density at radius 2 is 1.13 bits per heavy atom. The summed E-state index contributed by atoms with van der Waals surface area (Å²) in [7, 11) is -3.68. The van der Waals surface area contributed by atoms with Gasteiger partial charge >= 0.3 is 6.09 Å². The Hall–Kier alpha value is -3.44. The quantitative estimate of drug-likeness (QED) is 0.146. The lowest BCUT2D eigenvalue weighted by molar-refractivity contribution is 0.0950. The molecule has 4 heterocycles. The summed E-state index contributed by atoms with van der Waals surface area (Å²) < 4.78 is 17.9. The van der Waals surface area contributed by atoms with Crippen LogP contribution in [-0.4, -0.2) is 76.2 Å². The SMILES string of the molecule is C.CC(C)(C)[Si](C)(C)Oc1ccc(N)nc1.CC(C)(C)[Si](C)(C)Oc1ccc(NC(=O)OC2CCN(c3ccc(Cl)cc3Cl)CC2)nc1.OC1CCN(c2ccc(Cl)cc2Cl)CC1. The van der Waals surface area contributed by atoms with E-state index in [9.17, 15) is 9.90 Å². The largest absolute Gasteiger partial charge is 0.542 e. The number of piperidine rings is 2. The Balaban J connectivity index is 0.000000283. The molecule has 2 saturated heterocycles. The highest BCUT2D eigenvalue weighted by molar-refractivity contribution is 6.75. The maximum absolute atomic E-state index is 12.3. The maximum Gasteiger partial charge on any atom is 0.413 e. The summed E-state index contributed by atoms with van der Waals surface area (Å²) in [6, 6.07) is 18.2. The second-order valence-corrected chi connectivity index (χ2v) is 29.8. The zero-order valence-corrected chi connectivity index (χ0v) is 42.7. The zero-order valence-electron chi connectivity index (χ0n) is 37.7. The number of nitrogens with one attached hydrogen (secondary N) is 1. The van der Waals surface area contributed by atoms with Crippen molar-refractivity contribution in [2.75, 3.05) is 47.0 Å². The average Bonchev–Trinajstić information content (AvgIpc) is 3.17. The van der Waals surface area contributed by atoms with Gasteiger partial charge in [-0.25, -0.2) is 14.8 Å². The number of aliphatic hydroxyl groups excluding tert-OH is 1. The minimum atomic E-state index is -1.93. The van der Waals surface area contributed by atoms with Crippen molar-refractivity contribution in [3.05, 3.63) is 93.1 Å². The van der Waals surface area contributed by atoms with E-state index in [0.29, 0.717) is 37.5 Å². The van der Waals surface area contributed by atoms with E-state index in [-0.39, 0.29) is 29.7 Å². The standard InChI is InChI=1S/C23H31Cl2N3O3Si.C11H13Cl2NO.C11H20N2OSi.CH4/c1-23(2,3)32(4,5)31-18-7-9-21(26-15-18)27-22(29)30-17-10-12-28(13-11-17)20-8-6-16(24)14-19(20)25;12-8-1-2-11(10(13)7-8)14-5-3-9(15)4-6-14;1-11(2,3)15(4,5)14-9-6-7-10(12)13-8-9;/h6-9,14-15,17H,10-13H2,1-5H3,(H,26,27,29);1-2,7,9,15H,3-6H2;6-8H,1-5H3,(H2,12,13);1H4. The van der Waals surface area contributed by atoms with Crippen LogP contribution >= 0.6 is 46.4 Å². The number of carbonyl (C=O) groups excluding carboxylic acids is 1. The molecule has 2 aromatic carbocycles. The molecule has 2 aromatic heterocycles. The summed E-state index contributed by atoms with van der Waals surface area (Å²) in [5.41, 5.74) is 7.48. The average molecular weight is 983 g/mol. The molecule has 0 saturated carbocycles. The number of aromatic nitrogens is 2. The first-order valence-corrected chi connectivity index (χ1v) is 28.3. The van der Waals surface area contributed by atoms with Gasteiger partial charge in [-0.3, -0.25) is 5.32 Å². The molecule has 63 heavy (non-hydrogen) atoms. The number of aliphatic hydroxyl groups is 1. The van der Waals surface area contributed by atoms with E-state index in [1.54, 1.807) is 36.7 Å². The fourth-order valence-electron chi connectivity index (χ4n) is 5.94. The van der Waals surface area contributed by atoms with E-state index >= 15 is 0 Å². The van der Waals surface area contributed by atoms with Crippen molar-refractivity contribution in [1.29, 1.82) is 0 Å². The predicted octanol–water partition coefficient (Wildman–Crippen LogP) is 13.6. The van der Waals surface area contributed by atoms with Crippen LogP contribution in [0.5, 0.6) is 11.5 Å². The number of hydrogen-bond donors (Lipinski definition) is 3. The maximum atomic E-state index is 12.3. The lowest BCUT2D eigenvalue weighted by Crippen LogP contribution is -2.43. The van der Waals surface area contributed by atoms with Crippen LogP contribution in [0.25, 0.3) is 0 Å². The molecule has 6 rings (SSSR count). The number of pyridine rings is 2. The van der Waals surface area contributed by atoms with Crippen molar-refractivity contribution in [1.82, 2.24) is 9.97 Å². The molecule has 0 bridgehead atoms. The summed E-state index contributed by atoms with van der Waals surface area (Å²) in [4.78, 5) is 25.0. The molecule has 17 heteroatoms. The van der Waals surface area contributed by atoms with Crippen molar-refractivity contribution in [3.8, 4) is 11.5 Å². The van der Waals surface area contributed by atoms with Gasteiger partial charge in [0, 0.05) is 49.1 Å². The number of carbonyl (C=O) groups is 1. The van der Waals surface area contributed by atoms with Crippen molar-refractivity contribution in [3.63, 3.8) is 0 Å². The molecule has 0 radical (unpaired) electrons. The Kier molecular flexibility index (Phi) is 19.8. The van der Waals surface area contributed by atoms with Crippen LogP contribution in [0.1, 0.15) is 74.7 Å². The second-order valence-electron chi connectivity index (χ2n) is 18.6. The van der Waals surface area contributed by atoms with Gasteiger partial charge in [0.2, 0.25) is 0 Å². The van der Waals surface area contributed by atoms with Gasteiger partial charge in [-0.1, -0.05) is 95.4 Å². The van der Waals surface area contributed by atoms with Crippen LogP contribution in [0, 0.1) is 0 Å². The van der Waals surface area contributed by atoms with Crippen LogP contribution in [0.2, 0.25) is 56.4 Å². The third kappa shape index (κ3) is 16.5. The fraction of sp³-hybridized carbons (Fsp3) is 0.500. The highest BCUT2D eigenvalue weighted by atomic mass is 35.5. The van der Waals surface area contributed by atoms with Gasteiger partial charge in [-0.2, -0.15) is 0 Å². The number of benzene rings is 2. The zero-order chi connectivity index (χ0) is 46.0. The molecule has 0 spiro atoms. The topological polar surface area (TPSA) is 135 Å². The number of ether oxygens (including phenoxy) is 1. The van der Waals surface area contributed by atoms with Crippen molar-refractivity contribution >= 4 is 92.1 Å². The van der Waals surface area contributed by atoms with Crippen molar-refractivity contribution in [2.24, 2.45) is 0 Å². The van der Waals surface area contributed by atoms with Crippen LogP contribution < -0.4 is 29.7 Å². The van der Waals surface area contributed by atoms with E-state index in [0.717, 1.165) is 69.0 Å². The van der Waals surface area contributed by atoms with E-state index < -0.39 is 22.7 Å². The fourth-order valence-corrected chi connectivity index (χ4v) is 9.03. The van der Waals surface area contributed by atoms with E-state index in [4.69, 9.17) is 65.7 Å². The molecular weight excluding hydrogens is 915 g/mol. The predicted molar refractivity (Wildman–Crippen MR) is 271 cm³/mol. The molecular formula is C46H68Cl4N6O5Si2. The number of anilines is 4. The smallest absolute Gasteiger partial charge is 0.413 e. The Morgan fingerprint density at radius 3 is 1.51 bits per heavy atom. The summed E-state index contributed by atoms with van der Waals surface area (Å²) in [6.07, 6.45) is 5.57. The van der Waals surface area contributed by atoms with Gasteiger partial charge in [0.1, 0.15) is 29.2 Å². The molecule has 2 aliphatic rings. The highest BCUT2D eigenvalue weighted by Crippen LogP contribution is 2.39. The Bertz CT molecular complexity index is 2050. The van der Waals surface area contributed by atoms with Gasteiger partial charge < -0.3 is 34.2 Å². The number of nitrogens with zero attached hydrogens (tertiary/aromatic N) is 4. The molecule has 1 amide bonds.